The van der Waals surface area contributed by atoms with Crippen LogP contribution in [-0.2, 0) is 6.42 Å². The molecule has 0 unspecified atom stereocenters. The van der Waals surface area contributed by atoms with E-state index in [0.717, 1.165) is 18.5 Å². The molecular formula is C13H11N. The van der Waals surface area contributed by atoms with Gasteiger partial charge in [0.05, 0.1) is 5.69 Å². The van der Waals surface area contributed by atoms with Crippen LogP contribution in [0.5, 0.6) is 0 Å². The van der Waals surface area contributed by atoms with E-state index in [1.54, 1.807) is 0 Å². The summed E-state index contributed by atoms with van der Waals surface area (Å²) in [6.45, 7) is 0. The number of benzene rings is 1. The van der Waals surface area contributed by atoms with E-state index in [-0.39, 0.29) is 0 Å². The molecule has 0 N–H and O–H groups in total. The van der Waals surface area contributed by atoms with Gasteiger partial charge in [0.2, 0.25) is 0 Å². The third kappa shape index (κ3) is 1.13. The number of hydrogen-bond donors (Lipinski definition) is 0. The number of nitrogens with zero attached hydrogens (tertiary/aromatic N) is 1. The second-order valence-corrected chi connectivity index (χ2v) is 3.69. The summed E-state index contributed by atoms with van der Waals surface area (Å²) in [6, 6.07) is 8.38. The maximum Gasteiger partial charge on any atom is 0.0669 e. The van der Waals surface area contributed by atoms with E-state index >= 15 is 0 Å². The molecule has 0 aromatic heterocycles. The molecule has 0 amide bonds. The molecule has 68 valence electrons. The van der Waals surface area contributed by atoms with Crippen molar-refractivity contribution >= 4 is 11.4 Å². The fourth-order valence-corrected chi connectivity index (χ4v) is 1.98. The number of aliphatic imine (C=N–C) groups is 1. The van der Waals surface area contributed by atoms with Crippen molar-refractivity contribution in [1.82, 2.24) is 0 Å². The van der Waals surface area contributed by atoms with Gasteiger partial charge in [-0.15, -0.1) is 0 Å². The first-order chi connectivity index (χ1) is 6.93. The van der Waals surface area contributed by atoms with Crippen LogP contribution in [0.4, 0.5) is 5.69 Å². The van der Waals surface area contributed by atoms with Gasteiger partial charge < -0.3 is 0 Å². The molecule has 1 aliphatic carbocycles. The topological polar surface area (TPSA) is 12.4 Å². The van der Waals surface area contributed by atoms with Crippen molar-refractivity contribution in [2.75, 3.05) is 0 Å². The molecule has 1 aromatic carbocycles. The lowest BCUT2D eigenvalue weighted by Crippen LogP contribution is -2.00. The van der Waals surface area contributed by atoms with Crippen LogP contribution in [-0.4, -0.2) is 5.71 Å². The first kappa shape index (κ1) is 7.74. The highest BCUT2D eigenvalue weighted by Crippen LogP contribution is 2.29. The van der Waals surface area contributed by atoms with Crippen LogP contribution in [0.2, 0.25) is 0 Å². The number of para-hydroxylation sites is 1. The van der Waals surface area contributed by atoms with Gasteiger partial charge >= 0.3 is 0 Å². The van der Waals surface area contributed by atoms with Crippen molar-refractivity contribution in [3.63, 3.8) is 0 Å². The Bertz CT molecular complexity index is 464. The average molecular weight is 181 g/mol. The fraction of sp³-hybridized carbons (Fsp3) is 0.154. The van der Waals surface area contributed by atoms with Crippen molar-refractivity contribution in [2.24, 2.45) is 4.99 Å². The quantitative estimate of drug-likeness (QED) is 0.631. The Morgan fingerprint density at radius 2 is 2.07 bits per heavy atom. The second kappa shape index (κ2) is 2.95. The van der Waals surface area contributed by atoms with Crippen LogP contribution >= 0.6 is 0 Å². The van der Waals surface area contributed by atoms with Crippen LogP contribution in [0.15, 0.2) is 53.1 Å². The molecule has 0 saturated heterocycles. The Morgan fingerprint density at radius 3 is 2.86 bits per heavy atom. The Morgan fingerprint density at radius 1 is 1.14 bits per heavy atom. The van der Waals surface area contributed by atoms with Crippen LogP contribution in [0.1, 0.15) is 12.0 Å². The summed E-state index contributed by atoms with van der Waals surface area (Å²) in [7, 11) is 0. The minimum Gasteiger partial charge on any atom is -0.253 e. The van der Waals surface area contributed by atoms with Gasteiger partial charge in [-0.1, -0.05) is 36.4 Å². The Balaban J connectivity index is 1.95. The van der Waals surface area contributed by atoms with Crippen molar-refractivity contribution < 1.29 is 0 Å². The molecule has 0 radical (unpaired) electrons. The molecule has 1 aromatic rings. The highest BCUT2D eigenvalue weighted by atomic mass is 14.8. The highest BCUT2D eigenvalue weighted by Gasteiger charge is 2.16. The molecule has 1 nitrogen and oxygen atoms in total. The van der Waals surface area contributed by atoms with Gasteiger partial charge in [-0.2, -0.15) is 0 Å². The molecule has 1 heteroatoms. The van der Waals surface area contributed by atoms with Crippen LogP contribution < -0.4 is 0 Å². The lowest BCUT2D eigenvalue weighted by Gasteiger charge is -1.98. The van der Waals surface area contributed by atoms with Crippen molar-refractivity contribution in [1.29, 1.82) is 0 Å². The molecule has 0 bridgehead atoms. The number of hydrogen-bond acceptors (Lipinski definition) is 1. The summed E-state index contributed by atoms with van der Waals surface area (Å²) < 4.78 is 0. The zero-order chi connectivity index (χ0) is 9.38. The van der Waals surface area contributed by atoms with Crippen molar-refractivity contribution in [3.05, 3.63) is 53.6 Å². The summed E-state index contributed by atoms with van der Waals surface area (Å²) in [4.78, 5) is 4.64. The smallest absolute Gasteiger partial charge is 0.0669 e. The normalized spacial score (nSPS) is 18.0. The summed E-state index contributed by atoms with van der Waals surface area (Å²) in [5.41, 5.74) is 5.13. The van der Waals surface area contributed by atoms with Crippen molar-refractivity contribution in [2.45, 2.75) is 12.8 Å². The fourth-order valence-electron chi connectivity index (χ4n) is 1.98. The maximum atomic E-state index is 4.64. The molecule has 2 aliphatic rings. The Hall–Kier alpha value is -1.63. The van der Waals surface area contributed by atoms with E-state index < -0.39 is 0 Å². The first-order valence-electron chi connectivity index (χ1n) is 4.95. The molecule has 0 fully saturated rings. The predicted molar refractivity (Wildman–Crippen MR) is 59.1 cm³/mol. The van der Waals surface area contributed by atoms with Crippen LogP contribution in [0, 0.1) is 0 Å². The number of allylic oxidation sites excluding steroid dienone is 4. The van der Waals surface area contributed by atoms with Crippen molar-refractivity contribution in [3.8, 4) is 0 Å². The summed E-state index contributed by atoms with van der Waals surface area (Å²) in [5, 5.41) is 0. The molecule has 0 saturated carbocycles. The molecule has 3 rings (SSSR count). The highest BCUT2D eigenvalue weighted by molar-refractivity contribution is 6.06. The average Bonchev–Trinajstić information content (AvgIpc) is 2.86. The zero-order valence-electron chi connectivity index (χ0n) is 7.90. The van der Waals surface area contributed by atoms with Gasteiger partial charge in [0.25, 0.3) is 0 Å². The second-order valence-electron chi connectivity index (χ2n) is 3.69. The minimum absolute atomic E-state index is 1.00. The van der Waals surface area contributed by atoms with E-state index in [0.29, 0.717) is 0 Å². The Kier molecular flexibility index (Phi) is 1.63. The van der Waals surface area contributed by atoms with E-state index in [9.17, 15) is 0 Å². The summed E-state index contributed by atoms with van der Waals surface area (Å²) in [5.74, 6) is 0. The summed E-state index contributed by atoms with van der Waals surface area (Å²) >= 11 is 0. The Labute approximate surface area is 83.5 Å². The monoisotopic (exact) mass is 181 g/mol. The van der Waals surface area contributed by atoms with E-state index in [2.05, 4.69) is 41.4 Å². The standard InChI is InChI=1S/C13H11N/c1-2-6-10(5-1)13-9-11-7-3-4-8-12(11)14-13/h1-5,7-8H,6,9H2. The van der Waals surface area contributed by atoms with Gasteiger partial charge in [0.15, 0.2) is 0 Å². The lowest BCUT2D eigenvalue weighted by molar-refractivity contribution is 1.31. The molecule has 1 aliphatic heterocycles. The third-order valence-electron chi connectivity index (χ3n) is 2.75. The summed E-state index contributed by atoms with van der Waals surface area (Å²) in [6.07, 6.45) is 8.52. The predicted octanol–water partition coefficient (Wildman–Crippen LogP) is 3.20. The molecule has 0 spiro atoms. The van der Waals surface area contributed by atoms with Gasteiger partial charge in [0.1, 0.15) is 0 Å². The molecule has 14 heavy (non-hydrogen) atoms. The van der Waals surface area contributed by atoms with Gasteiger partial charge in [-0.05, 0) is 23.6 Å². The number of fused-ring (bicyclic) bond motifs is 1. The van der Waals surface area contributed by atoms with Gasteiger partial charge in [0, 0.05) is 12.1 Å². The third-order valence-corrected chi connectivity index (χ3v) is 2.75. The zero-order valence-corrected chi connectivity index (χ0v) is 7.90. The largest absolute Gasteiger partial charge is 0.253 e. The SMILES string of the molecule is C1=CCC(C2=Nc3ccccc3C2)=C1. The maximum absolute atomic E-state index is 4.64. The van der Waals surface area contributed by atoms with E-state index in [1.807, 2.05) is 6.07 Å². The lowest BCUT2D eigenvalue weighted by atomic mass is 10.0. The van der Waals surface area contributed by atoms with Gasteiger partial charge in [-0.25, -0.2) is 0 Å². The van der Waals surface area contributed by atoms with E-state index in [1.165, 1.54) is 16.8 Å². The molecule has 1 heterocycles. The van der Waals surface area contributed by atoms with Crippen LogP contribution in [0.25, 0.3) is 0 Å². The first-order valence-corrected chi connectivity index (χ1v) is 4.95. The van der Waals surface area contributed by atoms with Crippen LogP contribution in [0.3, 0.4) is 0 Å². The minimum atomic E-state index is 1.00. The van der Waals surface area contributed by atoms with E-state index in [4.69, 9.17) is 0 Å². The number of rotatable bonds is 1. The molecular weight excluding hydrogens is 170 g/mol. The molecule has 0 atom stereocenters. The van der Waals surface area contributed by atoms with Gasteiger partial charge in [-0.3, -0.25) is 4.99 Å².